The molecule has 2 heterocycles. The number of guanidine groups is 1. The summed E-state index contributed by atoms with van der Waals surface area (Å²) >= 11 is 1.83. The van der Waals surface area contributed by atoms with Gasteiger partial charge in [0.1, 0.15) is 0 Å². The first-order valence-electron chi connectivity index (χ1n) is 10.3. The molecular formula is C20H38IN5OS. The minimum Gasteiger partial charge on any atom is -0.379 e. The van der Waals surface area contributed by atoms with E-state index in [1.165, 1.54) is 4.88 Å². The van der Waals surface area contributed by atoms with Gasteiger partial charge in [-0.2, -0.15) is 0 Å². The number of nitrogens with zero attached hydrogens (tertiary/aromatic N) is 3. The monoisotopic (exact) mass is 523 g/mol. The molecule has 1 aromatic rings. The molecule has 2 N–H and O–H groups in total. The number of nitrogens with one attached hydrogen (secondary N) is 2. The first-order chi connectivity index (χ1) is 13.2. The Bertz CT molecular complexity index is 533. The first kappa shape index (κ1) is 25.6. The van der Waals surface area contributed by atoms with Crippen LogP contribution in [0.2, 0.25) is 0 Å². The van der Waals surface area contributed by atoms with E-state index in [0.29, 0.717) is 12.1 Å². The molecule has 2 unspecified atom stereocenters. The fourth-order valence-corrected chi connectivity index (χ4v) is 4.36. The summed E-state index contributed by atoms with van der Waals surface area (Å²) in [4.78, 5) is 11.2. The third-order valence-electron chi connectivity index (χ3n) is 5.11. The molecule has 162 valence electrons. The smallest absolute Gasteiger partial charge is 0.191 e. The van der Waals surface area contributed by atoms with Crippen LogP contribution in [-0.2, 0) is 4.74 Å². The van der Waals surface area contributed by atoms with Gasteiger partial charge in [0, 0.05) is 37.1 Å². The van der Waals surface area contributed by atoms with Gasteiger partial charge in [0.2, 0.25) is 0 Å². The maximum atomic E-state index is 5.54. The van der Waals surface area contributed by atoms with Crippen LogP contribution in [0.5, 0.6) is 0 Å². The van der Waals surface area contributed by atoms with E-state index in [4.69, 9.17) is 9.73 Å². The lowest BCUT2D eigenvalue weighted by Crippen LogP contribution is -2.46. The highest BCUT2D eigenvalue weighted by atomic mass is 127. The van der Waals surface area contributed by atoms with Crippen molar-refractivity contribution in [1.29, 1.82) is 0 Å². The van der Waals surface area contributed by atoms with Gasteiger partial charge in [-0.15, -0.1) is 35.3 Å². The molecule has 1 aromatic heterocycles. The minimum absolute atomic E-state index is 0. The topological polar surface area (TPSA) is 52.1 Å². The number of thiophene rings is 1. The Balaban J connectivity index is 0.00000392. The van der Waals surface area contributed by atoms with Crippen LogP contribution < -0.4 is 10.6 Å². The van der Waals surface area contributed by atoms with Gasteiger partial charge < -0.3 is 15.4 Å². The van der Waals surface area contributed by atoms with Gasteiger partial charge in [-0.25, -0.2) is 0 Å². The highest BCUT2D eigenvalue weighted by molar-refractivity contribution is 14.0. The zero-order valence-electron chi connectivity index (χ0n) is 17.8. The third-order valence-corrected chi connectivity index (χ3v) is 6.09. The van der Waals surface area contributed by atoms with Crippen molar-refractivity contribution in [2.45, 2.75) is 39.8 Å². The molecule has 2 atom stereocenters. The van der Waals surface area contributed by atoms with Crippen molar-refractivity contribution in [2.75, 3.05) is 59.0 Å². The molecule has 1 saturated heterocycles. The van der Waals surface area contributed by atoms with E-state index in [1.54, 1.807) is 0 Å². The van der Waals surface area contributed by atoms with E-state index in [2.05, 4.69) is 65.6 Å². The Labute approximate surface area is 192 Å². The van der Waals surface area contributed by atoms with E-state index in [1.807, 2.05) is 11.3 Å². The predicted molar refractivity (Wildman–Crippen MR) is 131 cm³/mol. The maximum absolute atomic E-state index is 5.54. The van der Waals surface area contributed by atoms with Gasteiger partial charge in [0.25, 0.3) is 0 Å². The van der Waals surface area contributed by atoms with Gasteiger partial charge in [0.15, 0.2) is 5.96 Å². The number of rotatable bonds is 10. The van der Waals surface area contributed by atoms with Crippen molar-refractivity contribution < 1.29 is 4.74 Å². The molecule has 0 spiro atoms. The number of likely N-dealkylation sites (N-methyl/N-ethyl adjacent to an activating group) is 1. The molecule has 0 bridgehead atoms. The van der Waals surface area contributed by atoms with Crippen LogP contribution in [0.15, 0.2) is 22.5 Å². The van der Waals surface area contributed by atoms with Crippen LogP contribution in [0.4, 0.5) is 0 Å². The van der Waals surface area contributed by atoms with Crippen molar-refractivity contribution in [3.63, 3.8) is 0 Å². The van der Waals surface area contributed by atoms with Crippen molar-refractivity contribution >= 4 is 41.3 Å². The Morgan fingerprint density at radius 2 is 1.96 bits per heavy atom. The van der Waals surface area contributed by atoms with Gasteiger partial charge in [0.05, 0.1) is 25.8 Å². The molecule has 0 saturated carbocycles. The summed E-state index contributed by atoms with van der Waals surface area (Å²) in [5, 5.41) is 9.14. The standard InChI is InChI=1S/C20H37N5OS.HI/c1-5-21-20(22-15-17(4)24(6-2)7-3)23-16-18(19-9-8-14-27-19)25-10-12-26-13-11-25;/h8-9,14,17-18H,5-7,10-13,15-16H2,1-4H3,(H2,21,22,23);1H. The number of ether oxygens (including phenoxy) is 1. The highest BCUT2D eigenvalue weighted by Crippen LogP contribution is 2.25. The minimum atomic E-state index is 0. The zero-order chi connectivity index (χ0) is 19.5. The molecule has 2 rings (SSSR count). The summed E-state index contributed by atoms with van der Waals surface area (Å²) in [7, 11) is 0. The van der Waals surface area contributed by atoms with Crippen LogP contribution in [0, 0.1) is 0 Å². The first-order valence-corrected chi connectivity index (χ1v) is 11.2. The number of hydrogen-bond donors (Lipinski definition) is 2. The predicted octanol–water partition coefficient (Wildman–Crippen LogP) is 3.02. The molecule has 28 heavy (non-hydrogen) atoms. The molecule has 1 aliphatic rings. The second-order valence-corrected chi connectivity index (χ2v) is 7.83. The van der Waals surface area contributed by atoms with Crippen molar-refractivity contribution in [3.05, 3.63) is 22.4 Å². The molecular weight excluding hydrogens is 485 g/mol. The Morgan fingerprint density at radius 1 is 1.25 bits per heavy atom. The van der Waals surface area contributed by atoms with Gasteiger partial charge in [-0.3, -0.25) is 14.8 Å². The lowest BCUT2D eigenvalue weighted by atomic mass is 10.2. The number of hydrogen-bond acceptors (Lipinski definition) is 5. The molecule has 8 heteroatoms. The summed E-state index contributed by atoms with van der Waals surface area (Å²) in [6, 6.07) is 5.18. The second kappa shape index (κ2) is 14.5. The molecule has 1 fully saturated rings. The fourth-order valence-electron chi connectivity index (χ4n) is 3.50. The Hall–Kier alpha value is -0.420. The fraction of sp³-hybridized carbons (Fsp3) is 0.750. The van der Waals surface area contributed by atoms with Gasteiger partial charge in [-0.05, 0) is 38.4 Å². The van der Waals surface area contributed by atoms with Crippen molar-refractivity contribution in [2.24, 2.45) is 4.99 Å². The third kappa shape index (κ3) is 8.14. The molecule has 0 aromatic carbocycles. The van der Waals surface area contributed by atoms with E-state index < -0.39 is 0 Å². The highest BCUT2D eigenvalue weighted by Gasteiger charge is 2.23. The van der Waals surface area contributed by atoms with Gasteiger partial charge in [-0.1, -0.05) is 19.9 Å². The van der Waals surface area contributed by atoms with E-state index in [9.17, 15) is 0 Å². The molecule has 0 amide bonds. The lowest BCUT2D eigenvalue weighted by molar-refractivity contribution is 0.0177. The summed E-state index contributed by atoms with van der Waals surface area (Å²) in [5.74, 6) is 0.909. The zero-order valence-corrected chi connectivity index (χ0v) is 21.0. The summed E-state index contributed by atoms with van der Waals surface area (Å²) in [6.45, 7) is 17.0. The number of halogens is 1. The Morgan fingerprint density at radius 3 is 2.54 bits per heavy atom. The number of aliphatic imine (C=N–C) groups is 1. The van der Waals surface area contributed by atoms with Crippen LogP contribution in [0.25, 0.3) is 0 Å². The normalized spacial score (nSPS) is 17.8. The number of morpholine rings is 1. The largest absolute Gasteiger partial charge is 0.379 e. The van der Waals surface area contributed by atoms with Crippen molar-refractivity contribution in [1.82, 2.24) is 20.4 Å². The quantitative estimate of drug-likeness (QED) is 0.281. The second-order valence-electron chi connectivity index (χ2n) is 6.85. The van der Waals surface area contributed by atoms with Gasteiger partial charge >= 0.3 is 0 Å². The molecule has 6 nitrogen and oxygen atoms in total. The Kier molecular flexibility index (Phi) is 13.3. The molecule has 0 radical (unpaired) electrons. The molecule has 1 aliphatic heterocycles. The van der Waals surface area contributed by atoms with E-state index in [0.717, 1.165) is 65.0 Å². The van der Waals surface area contributed by atoms with Crippen LogP contribution in [0.1, 0.15) is 38.6 Å². The summed E-state index contributed by atoms with van der Waals surface area (Å²) < 4.78 is 5.54. The SMILES string of the molecule is CCNC(=NCC(C)N(CC)CC)NCC(c1cccs1)N1CCOCC1.I. The molecule has 0 aliphatic carbocycles. The summed E-state index contributed by atoms with van der Waals surface area (Å²) in [6.07, 6.45) is 0. The summed E-state index contributed by atoms with van der Waals surface area (Å²) in [5.41, 5.74) is 0. The average molecular weight is 524 g/mol. The average Bonchev–Trinajstić information content (AvgIpc) is 3.22. The van der Waals surface area contributed by atoms with E-state index in [-0.39, 0.29) is 24.0 Å². The maximum Gasteiger partial charge on any atom is 0.191 e. The lowest BCUT2D eigenvalue weighted by Gasteiger charge is -2.34. The van der Waals surface area contributed by atoms with E-state index >= 15 is 0 Å². The van der Waals surface area contributed by atoms with Crippen molar-refractivity contribution in [3.8, 4) is 0 Å². The van der Waals surface area contributed by atoms with Crippen LogP contribution in [-0.4, -0.2) is 80.8 Å². The van der Waals surface area contributed by atoms with Crippen LogP contribution >= 0.6 is 35.3 Å². The van der Waals surface area contributed by atoms with Crippen LogP contribution in [0.3, 0.4) is 0 Å².